The summed E-state index contributed by atoms with van der Waals surface area (Å²) < 4.78 is 11.5. The monoisotopic (exact) mass is 313 g/mol. The van der Waals surface area contributed by atoms with Crippen molar-refractivity contribution in [2.75, 3.05) is 13.2 Å². The molecule has 0 saturated carbocycles. The topological polar surface area (TPSA) is 76.2 Å². The van der Waals surface area contributed by atoms with Crippen LogP contribution in [0.5, 0.6) is 11.5 Å². The van der Waals surface area contributed by atoms with Gasteiger partial charge in [-0.3, -0.25) is 4.79 Å². The SMILES string of the molecule is O=C(NC[C@@H]1COc2ccccc2O1)[C@@H]1CCc2nc[nH]c2C1. The molecule has 0 saturated heterocycles. The minimum Gasteiger partial charge on any atom is -0.486 e. The molecule has 2 heterocycles. The van der Waals surface area contributed by atoms with Crippen molar-refractivity contribution in [3.63, 3.8) is 0 Å². The Morgan fingerprint density at radius 3 is 3.13 bits per heavy atom. The molecular weight excluding hydrogens is 294 g/mol. The lowest BCUT2D eigenvalue weighted by molar-refractivity contribution is -0.125. The van der Waals surface area contributed by atoms with E-state index < -0.39 is 0 Å². The van der Waals surface area contributed by atoms with E-state index in [4.69, 9.17) is 9.47 Å². The average molecular weight is 313 g/mol. The summed E-state index contributed by atoms with van der Waals surface area (Å²) in [6, 6.07) is 7.59. The molecule has 1 aliphatic heterocycles. The third-order valence-electron chi connectivity index (χ3n) is 4.43. The maximum absolute atomic E-state index is 12.4. The van der Waals surface area contributed by atoms with E-state index in [1.807, 2.05) is 24.3 Å². The first-order valence-corrected chi connectivity index (χ1v) is 7.97. The molecule has 2 N–H and O–H groups in total. The summed E-state index contributed by atoms with van der Waals surface area (Å²) >= 11 is 0. The van der Waals surface area contributed by atoms with Gasteiger partial charge < -0.3 is 19.8 Å². The fraction of sp³-hybridized carbons (Fsp3) is 0.412. The van der Waals surface area contributed by atoms with E-state index in [1.165, 1.54) is 0 Å². The number of hydrogen-bond donors (Lipinski definition) is 2. The van der Waals surface area contributed by atoms with Crippen LogP contribution in [-0.4, -0.2) is 35.1 Å². The van der Waals surface area contributed by atoms with Gasteiger partial charge in [-0.25, -0.2) is 4.98 Å². The summed E-state index contributed by atoms with van der Waals surface area (Å²) in [6.45, 7) is 0.909. The Morgan fingerprint density at radius 2 is 2.22 bits per heavy atom. The van der Waals surface area contributed by atoms with Crippen molar-refractivity contribution in [1.29, 1.82) is 0 Å². The number of aryl methyl sites for hydroxylation is 1. The summed E-state index contributed by atoms with van der Waals surface area (Å²) in [5.41, 5.74) is 2.18. The molecule has 4 rings (SSSR count). The highest BCUT2D eigenvalue weighted by Crippen LogP contribution is 2.30. The van der Waals surface area contributed by atoms with E-state index in [9.17, 15) is 4.79 Å². The lowest BCUT2D eigenvalue weighted by Crippen LogP contribution is -2.43. The van der Waals surface area contributed by atoms with Gasteiger partial charge in [-0.2, -0.15) is 0 Å². The van der Waals surface area contributed by atoms with Crippen LogP contribution in [0.2, 0.25) is 0 Å². The second-order valence-electron chi connectivity index (χ2n) is 6.01. The molecule has 2 atom stereocenters. The Hall–Kier alpha value is -2.50. The molecule has 0 radical (unpaired) electrons. The molecule has 1 aliphatic carbocycles. The summed E-state index contributed by atoms with van der Waals surface area (Å²) in [6.07, 6.45) is 3.98. The van der Waals surface area contributed by atoms with Crippen LogP contribution in [0.4, 0.5) is 0 Å². The highest BCUT2D eigenvalue weighted by atomic mass is 16.6. The number of imidazole rings is 1. The van der Waals surface area contributed by atoms with E-state index in [1.54, 1.807) is 6.33 Å². The van der Waals surface area contributed by atoms with Crippen LogP contribution >= 0.6 is 0 Å². The Kier molecular flexibility index (Phi) is 3.65. The molecule has 23 heavy (non-hydrogen) atoms. The van der Waals surface area contributed by atoms with E-state index in [0.717, 1.165) is 42.1 Å². The van der Waals surface area contributed by atoms with Crippen LogP contribution in [0.25, 0.3) is 0 Å². The second kappa shape index (κ2) is 5.95. The van der Waals surface area contributed by atoms with Crippen molar-refractivity contribution in [2.24, 2.45) is 5.92 Å². The summed E-state index contributed by atoms with van der Waals surface area (Å²) in [7, 11) is 0. The number of ether oxygens (including phenoxy) is 2. The number of fused-ring (bicyclic) bond motifs is 2. The quantitative estimate of drug-likeness (QED) is 0.900. The van der Waals surface area contributed by atoms with Gasteiger partial charge >= 0.3 is 0 Å². The molecule has 0 unspecified atom stereocenters. The molecular formula is C17H19N3O3. The minimum atomic E-state index is -0.153. The molecule has 0 bridgehead atoms. The number of benzene rings is 1. The van der Waals surface area contributed by atoms with Crippen LogP contribution in [0.15, 0.2) is 30.6 Å². The van der Waals surface area contributed by atoms with Crippen LogP contribution in [0.1, 0.15) is 17.8 Å². The van der Waals surface area contributed by atoms with Crippen LogP contribution in [0.3, 0.4) is 0 Å². The van der Waals surface area contributed by atoms with E-state index in [2.05, 4.69) is 15.3 Å². The average Bonchev–Trinajstić information content (AvgIpc) is 3.07. The third-order valence-corrected chi connectivity index (χ3v) is 4.43. The maximum atomic E-state index is 12.4. The van der Waals surface area contributed by atoms with Gasteiger partial charge in [-0.05, 0) is 25.0 Å². The first-order valence-electron chi connectivity index (χ1n) is 7.97. The first kappa shape index (κ1) is 14.1. The highest BCUT2D eigenvalue weighted by Gasteiger charge is 2.27. The molecule has 1 amide bonds. The van der Waals surface area contributed by atoms with Crippen molar-refractivity contribution < 1.29 is 14.3 Å². The standard InChI is InChI=1S/C17H19N3O3/c21-17(11-5-6-13-14(7-11)20-10-19-13)18-8-12-9-22-15-3-1-2-4-16(15)23-12/h1-4,10-12H,5-9H2,(H,18,21)(H,19,20)/t11-,12-/m1/s1. The molecule has 2 aliphatic rings. The number of aromatic amines is 1. The summed E-state index contributed by atoms with van der Waals surface area (Å²) in [4.78, 5) is 19.8. The van der Waals surface area contributed by atoms with Crippen LogP contribution in [-0.2, 0) is 17.6 Å². The molecule has 1 aromatic carbocycles. The lowest BCUT2D eigenvalue weighted by Gasteiger charge is -2.27. The predicted octanol–water partition coefficient (Wildman–Crippen LogP) is 1.47. The minimum absolute atomic E-state index is 0.000236. The number of carbonyl (C=O) groups excluding carboxylic acids is 1. The molecule has 120 valence electrons. The maximum Gasteiger partial charge on any atom is 0.223 e. The lowest BCUT2D eigenvalue weighted by atomic mass is 9.89. The van der Waals surface area contributed by atoms with Gasteiger partial charge in [0.1, 0.15) is 12.7 Å². The van der Waals surface area contributed by atoms with E-state index >= 15 is 0 Å². The smallest absolute Gasteiger partial charge is 0.223 e. The summed E-state index contributed by atoms with van der Waals surface area (Å²) in [5, 5.41) is 3.00. The number of H-pyrrole nitrogens is 1. The number of hydrogen-bond acceptors (Lipinski definition) is 4. The van der Waals surface area contributed by atoms with Gasteiger partial charge in [0.15, 0.2) is 11.5 Å². The number of aromatic nitrogens is 2. The fourth-order valence-corrected chi connectivity index (χ4v) is 3.15. The Morgan fingerprint density at radius 1 is 1.35 bits per heavy atom. The van der Waals surface area contributed by atoms with Gasteiger partial charge in [0.25, 0.3) is 0 Å². The van der Waals surface area contributed by atoms with Gasteiger partial charge in [-0.15, -0.1) is 0 Å². The zero-order valence-electron chi connectivity index (χ0n) is 12.7. The molecule has 0 spiro atoms. The van der Waals surface area contributed by atoms with Gasteiger partial charge in [0, 0.05) is 18.0 Å². The summed E-state index contributed by atoms with van der Waals surface area (Å²) in [5.74, 6) is 1.57. The number of para-hydroxylation sites is 2. The molecule has 6 heteroatoms. The number of carbonyl (C=O) groups is 1. The second-order valence-corrected chi connectivity index (χ2v) is 6.01. The largest absolute Gasteiger partial charge is 0.486 e. The molecule has 1 aromatic heterocycles. The van der Waals surface area contributed by atoms with Crippen molar-refractivity contribution in [1.82, 2.24) is 15.3 Å². The van der Waals surface area contributed by atoms with Crippen molar-refractivity contribution in [3.8, 4) is 11.5 Å². The predicted molar refractivity (Wildman–Crippen MR) is 83.5 cm³/mol. The number of amides is 1. The molecule has 2 aromatic rings. The van der Waals surface area contributed by atoms with Crippen LogP contribution < -0.4 is 14.8 Å². The molecule has 6 nitrogen and oxygen atoms in total. The van der Waals surface area contributed by atoms with E-state index in [0.29, 0.717) is 13.2 Å². The normalized spacial score (nSPS) is 22.3. The first-order chi connectivity index (χ1) is 11.3. The van der Waals surface area contributed by atoms with Gasteiger partial charge in [0.2, 0.25) is 5.91 Å². The number of nitrogens with one attached hydrogen (secondary N) is 2. The van der Waals surface area contributed by atoms with Crippen molar-refractivity contribution >= 4 is 5.91 Å². The molecule has 0 fully saturated rings. The van der Waals surface area contributed by atoms with Crippen molar-refractivity contribution in [3.05, 3.63) is 42.0 Å². The van der Waals surface area contributed by atoms with Crippen molar-refractivity contribution in [2.45, 2.75) is 25.4 Å². The number of rotatable bonds is 3. The fourth-order valence-electron chi connectivity index (χ4n) is 3.15. The Labute approximate surface area is 134 Å². The third kappa shape index (κ3) is 2.88. The number of nitrogens with zero attached hydrogens (tertiary/aromatic N) is 1. The zero-order valence-corrected chi connectivity index (χ0v) is 12.7. The van der Waals surface area contributed by atoms with Gasteiger partial charge in [-0.1, -0.05) is 12.1 Å². The van der Waals surface area contributed by atoms with Crippen LogP contribution in [0, 0.1) is 5.92 Å². The Bertz CT molecular complexity index is 713. The highest BCUT2D eigenvalue weighted by molar-refractivity contribution is 5.79. The van der Waals surface area contributed by atoms with E-state index in [-0.39, 0.29) is 17.9 Å². The van der Waals surface area contributed by atoms with Gasteiger partial charge in [0.05, 0.1) is 18.6 Å². The Balaban J connectivity index is 1.31. The zero-order chi connectivity index (χ0) is 15.6.